The van der Waals surface area contributed by atoms with Crippen LogP contribution in [0.15, 0.2) is 18.2 Å². The first-order valence-electron chi connectivity index (χ1n) is 12.8. The second-order valence-corrected chi connectivity index (χ2v) is 10.3. The van der Waals surface area contributed by atoms with Crippen molar-refractivity contribution in [3.63, 3.8) is 0 Å². The zero-order valence-electron chi connectivity index (χ0n) is 19.2. The molecule has 0 radical (unpaired) electrons. The van der Waals surface area contributed by atoms with Gasteiger partial charge >= 0.3 is 0 Å². The van der Waals surface area contributed by atoms with E-state index in [0.29, 0.717) is 17.9 Å². The summed E-state index contributed by atoms with van der Waals surface area (Å²) in [5.74, 6) is 3.24. The van der Waals surface area contributed by atoms with Gasteiger partial charge in [-0.2, -0.15) is 0 Å². The first-order valence-corrected chi connectivity index (χ1v) is 12.8. The Morgan fingerprint density at radius 2 is 1.61 bits per heavy atom. The molecule has 4 heteroatoms. The molecule has 1 aliphatic heterocycles. The highest BCUT2D eigenvalue weighted by atomic mass is 19.1. The molecule has 174 valence electrons. The van der Waals surface area contributed by atoms with Crippen molar-refractivity contribution in [1.29, 1.82) is 0 Å². The molecule has 0 aromatic heterocycles. The fraction of sp³-hybridized carbons (Fsp3) is 0.778. The van der Waals surface area contributed by atoms with Gasteiger partial charge in [-0.3, -0.25) is 0 Å². The maximum Gasteiger partial charge on any atom is 0.228 e. The zero-order valence-corrected chi connectivity index (χ0v) is 19.2. The second kappa shape index (κ2) is 11.1. The third-order valence-corrected chi connectivity index (χ3v) is 8.54. The van der Waals surface area contributed by atoms with Gasteiger partial charge in [0.15, 0.2) is 11.6 Å². The molecule has 3 aliphatic rings. The molecule has 0 N–H and O–H groups in total. The Morgan fingerprint density at radius 1 is 0.903 bits per heavy atom. The molecule has 3 fully saturated rings. The molecule has 1 saturated heterocycles. The number of hydrogen-bond donors (Lipinski definition) is 0. The highest BCUT2D eigenvalue weighted by molar-refractivity contribution is 5.31. The molecule has 0 bridgehead atoms. The van der Waals surface area contributed by atoms with Crippen LogP contribution >= 0.6 is 0 Å². The first kappa shape index (κ1) is 23.0. The van der Waals surface area contributed by atoms with Crippen LogP contribution in [0.3, 0.4) is 0 Å². The molecule has 4 rings (SSSR count). The predicted molar refractivity (Wildman–Crippen MR) is 121 cm³/mol. The van der Waals surface area contributed by atoms with Crippen LogP contribution < -0.4 is 4.74 Å². The van der Waals surface area contributed by atoms with Crippen LogP contribution in [0, 0.1) is 29.5 Å². The number of benzene rings is 1. The van der Waals surface area contributed by atoms with Gasteiger partial charge in [-0.05, 0) is 98.7 Å². The summed E-state index contributed by atoms with van der Waals surface area (Å²) in [5.41, 5.74) is 1.02. The van der Waals surface area contributed by atoms with Crippen molar-refractivity contribution in [2.45, 2.75) is 96.0 Å². The van der Waals surface area contributed by atoms with E-state index in [-0.39, 0.29) is 5.75 Å². The molecule has 31 heavy (non-hydrogen) atoms. The lowest BCUT2D eigenvalue weighted by molar-refractivity contribution is -0.0724. The molecule has 1 aromatic rings. The number of alkyl halides is 1. The summed E-state index contributed by atoms with van der Waals surface area (Å²) in [6.45, 7) is 2.28. The molecule has 2 unspecified atom stereocenters. The van der Waals surface area contributed by atoms with Gasteiger partial charge in [-0.25, -0.2) is 8.78 Å². The SMILES string of the molecule is CCCC1CCC(C2CCC(C3CCC(c4ccc(OCF)c(F)c4)CC3)OC2)CC1. The van der Waals surface area contributed by atoms with Gasteiger partial charge in [0, 0.05) is 0 Å². The van der Waals surface area contributed by atoms with Crippen molar-refractivity contribution >= 4 is 0 Å². The zero-order chi connectivity index (χ0) is 21.6. The van der Waals surface area contributed by atoms with E-state index in [1.165, 1.54) is 57.4 Å². The van der Waals surface area contributed by atoms with Crippen molar-refractivity contribution in [1.82, 2.24) is 0 Å². The number of halogens is 2. The smallest absolute Gasteiger partial charge is 0.228 e. The number of hydrogen-bond acceptors (Lipinski definition) is 2. The Balaban J connectivity index is 1.20. The minimum Gasteiger partial charge on any atom is -0.460 e. The van der Waals surface area contributed by atoms with Gasteiger partial charge in [-0.1, -0.05) is 38.7 Å². The van der Waals surface area contributed by atoms with E-state index >= 15 is 0 Å². The van der Waals surface area contributed by atoms with Crippen LogP contribution in [0.25, 0.3) is 0 Å². The van der Waals surface area contributed by atoms with E-state index in [1.807, 2.05) is 6.07 Å². The summed E-state index contributed by atoms with van der Waals surface area (Å²) in [5, 5.41) is 0. The van der Waals surface area contributed by atoms with Crippen LogP contribution in [0.1, 0.15) is 95.5 Å². The predicted octanol–water partition coefficient (Wildman–Crippen LogP) is 7.81. The Kier molecular flexibility index (Phi) is 8.25. The summed E-state index contributed by atoms with van der Waals surface area (Å²) in [7, 11) is 0. The molecule has 0 spiro atoms. The van der Waals surface area contributed by atoms with E-state index < -0.39 is 12.7 Å². The first-order chi connectivity index (χ1) is 15.2. The topological polar surface area (TPSA) is 18.5 Å². The van der Waals surface area contributed by atoms with E-state index in [0.717, 1.165) is 55.6 Å². The van der Waals surface area contributed by atoms with Gasteiger partial charge in [0.05, 0.1) is 12.7 Å². The largest absolute Gasteiger partial charge is 0.460 e. The third-order valence-electron chi connectivity index (χ3n) is 8.54. The van der Waals surface area contributed by atoms with Crippen LogP contribution in [0.5, 0.6) is 5.75 Å². The maximum absolute atomic E-state index is 14.1. The molecular weight excluding hydrogens is 394 g/mol. The fourth-order valence-electron chi connectivity index (χ4n) is 6.66. The Hall–Kier alpha value is -1.16. The van der Waals surface area contributed by atoms with Crippen LogP contribution in [-0.2, 0) is 4.74 Å². The molecule has 0 amide bonds. The summed E-state index contributed by atoms with van der Waals surface area (Å²) in [6, 6.07) is 5.00. The number of rotatable bonds is 7. The van der Waals surface area contributed by atoms with Crippen LogP contribution in [0.2, 0.25) is 0 Å². The van der Waals surface area contributed by atoms with Crippen molar-refractivity contribution in [2.75, 3.05) is 13.5 Å². The molecule has 2 nitrogen and oxygen atoms in total. The van der Waals surface area contributed by atoms with Crippen molar-refractivity contribution in [3.8, 4) is 5.75 Å². The molecule has 2 aliphatic carbocycles. The molecule has 2 saturated carbocycles. The summed E-state index contributed by atoms with van der Waals surface area (Å²) in [6.07, 6.45) is 15.9. The normalized spacial score (nSPS) is 34.4. The summed E-state index contributed by atoms with van der Waals surface area (Å²) < 4.78 is 37.5. The minimum absolute atomic E-state index is 0.00365. The van der Waals surface area contributed by atoms with E-state index in [4.69, 9.17) is 4.74 Å². The van der Waals surface area contributed by atoms with Crippen LogP contribution in [-0.4, -0.2) is 19.6 Å². The third kappa shape index (κ3) is 5.80. The molecule has 2 atom stereocenters. The number of ether oxygens (including phenoxy) is 2. The summed E-state index contributed by atoms with van der Waals surface area (Å²) in [4.78, 5) is 0. The Bertz CT molecular complexity index is 670. The van der Waals surface area contributed by atoms with E-state index in [2.05, 4.69) is 11.7 Å². The quantitative estimate of drug-likeness (QED) is 0.436. The lowest BCUT2D eigenvalue weighted by Gasteiger charge is -2.41. The average molecular weight is 435 g/mol. The lowest BCUT2D eigenvalue weighted by atomic mass is 9.71. The highest BCUT2D eigenvalue weighted by Crippen LogP contribution is 2.43. The summed E-state index contributed by atoms with van der Waals surface area (Å²) >= 11 is 0. The maximum atomic E-state index is 14.1. The minimum atomic E-state index is -0.996. The van der Waals surface area contributed by atoms with Crippen molar-refractivity contribution in [2.24, 2.45) is 23.7 Å². The second-order valence-electron chi connectivity index (χ2n) is 10.3. The molecule has 1 aromatic carbocycles. The van der Waals surface area contributed by atoms with Crippen molar-refractivity contribution in [3.05, 3.63) is 29.6 Å². The Morgan fingerprint density at radius 3 is 2.23 bits per heavy atom. The van der Waals surface area contributed by atoms with E-state index in [9.17, 15) is 8.78 Å². The van der Waals surface area contributed by atoms with Gasteiger partial charge < -0.3 is 9.47 Å². The van der Waals surface area contributed by atoms with E-state index in [1.54, 1.807) is 6.07 Å². The fourth-order valence-corrected chi connectivity index (χ4v) is 6.66. The van der Waals surface area contributed by atoms with Gasteiger partial charge in [-0.15, -0.1) is 0 Å². The molecule has 1 heterocycles. The molecular formula is C27H40F2O2. The highest BCUT2D eigenvalue weighted by Gasteiger charge is 2.35. The van der Waals surface area contributed by atoms with Gasteiger partial charge in [0.2, 0.25) is 6.86 Å². The average Bonchev–Trinajstić information content (AvgIpc) is 2.82. The monoisotopic (exact) mass is 434 g/mol. The van der Waals surface area contributed by atoms with Gasteiger partial charge in [0.25, 0.3) is 0 Å². The Labute approximate surface area is 187 Å². The standard InChI is InChI=1S/C27H40F2O2/c1-2-3-19-4-6-21(7-5-19)24-13-14-26(30-17-24)22-10-8-20(9-11-22)23-12-15-27(31-18-28)25(29)16-23/h12,15-16,19-22,24,26H,2-11,13-14,17-18H2,1H3. The van der Waals surface area contributed by atoms with Crippen molar-refractivity contribution < 1.29 is 18.3 Å². The van der Waals surface area contributed by atoms with Crippen LogP contribution in [0.4, 0.5) is 8.78 Å². The lowest BCUT2D eigenvalue weighted by Crippen LogP contribution is -2.37. The van der Waals surface area contributed by atoms with Gasteiger partial charge in [0.1, 0.15) is 0 Å².